The van der Waals surface area contributed by atoms with Crippen LogP contribution in [-0.4, -0.2) is 23.9 Å². The number of nitrogens with two attached hydrogens (primary N) is 1. The lowest BCUT2D eigenvalue weighted by Crippen LogP contribution is -2.37. The molecule has 16 heavy (non-hydrogen) atoms. The van der Waals surface area contributed by atoms with Crippen molar-refractivity contribution < 1.29 is 4.79 Å². The summed E-state index contributed by atoms with van der Waals surface area (Å²) in [5.74, 6) is 0.812. The second-order valence-corrected chi connectivity index (χ2v) is 5.26. The minimum atomic E-state index is 0.0990. The largest absolute Gasteiger partial charge is 0.397 e. The van der Waals surface area contributed by atoms with E-state index in [2.05, 4.69) is 0 Å². The lowest BCUT2D eigenvalue weighted by molar-refractivity contribution is 0.0712. The maximum Gasteiger partial charge on any atom is 0.266 e. The van der Waals surface area contributed by atoms with Crippen LogP contribution in [0.1, 0.15) is 35.9 Å². The van der Waals surface area contributed by atoms with Crippen molar-refractivity contribution in [1.82, 2.24) is 4.90 Å². The van der Waals surface area contributed by atoms with Crippen LogP contribution < -0.4 is 5.73 Å². The van der Waals surface area contributed by atoms with Crippen molar-refractivity contribution in [2.45, 2.75) is 26.2 Å². The summed E-state index contributed by atoms with van der Waals surface area (Å²) in [6.07, 6.45) is 3.85. The van der Waals surface area contributed by atoms with Crippen LogP contribution in [-0.2, 0) is 0 Å². The van der Waals surface area contributed by atoms with Gasteiger partial charge in [0.05, 0.1) is 5.69 Å². The van der Waals surface area contributed by atoms with E-state index in [4.69, 9.17) is 5.73 Å². The molecule has 2 N–H and O–H groups in total. The topological polar surface area (TPSA) is 46.3 Å². The van der Waals surface area contributed by atoms with Crippen LogP contribution in [0.2, 0.25) is 0 Å². The van der Waals surface area contributed by atoms with E-state index in [-0.39, 0.29) is 5.91 Å². The Kier molecular flexibility index (Phi) is 3.49. The molecule has 1 aliphatic carbocycles. The van der Waals surface area contributed by atoms with Crippen molar-refractivity contribution >= 4 is 22.9 Å². The molecule has 88 valence electrons. The van der Waals surface area contributed by atoms with Gasteiger partial charge in [0.2, 0.25) is 0 Å². The van der Waals surface area contributed by atoms with E-state index in [0.29, 0.717) is 16.5 Å². The van der Waals surface area contributed by atoms with Crippen molar-refractivity contribution in [2.24, 2.45) is 5.92 Å². The number of nitrogens with zero attached hydrogens (tertiary/aromatic N) is 1. The summed E-state index contributed by atoms with van der Waals surface area (Å²) in [5, 5.41) is 1.87. The molecular formula is C12H18N2OS. The van der Waals surface area contributed by atoms with Crippen LogP contribution in [0.15, 0.2) is 11.4 Å². The summed E-state index contributed by atoms with van der Waals surface area (Å²) in [6.45, 7) is 3.69. The molecule has 1 aliphatic rings. The first kappa shape index (κ1) is 11.5. The molecule has 4 heteroatoms. The number of anilines is 1. The SMILES string of the molecule is CCN(CC1CCC1)C(=O)c1sccc1N. The van der Waals surface area contributed by atoms with Gasteiger partial charge in [-0.3, -0.25) is 4.79 Å². The van der Waals surface area contributed by atoms with Crippen LogP contribution >= 0.6 is 11.3 Å². The van der Waals surface area contributed by atoms with Gasteiger partial charge in [-0.05, 0) is 37.1 Å². The zero-order chi connectivity index (χ0) is 11.5. The lowest BCUT2D eigenvalue weighted by Gasteiger charge is -2.31. The molecule has 0 atom stereocenters. The number of amides is 1. The van der Waals surface area contributed by atoms with Crippen molar-refractivity contribution in [3.05, 3.63) is 16.3 Å². The molecule has 0 aromatic carbocycles. The molecule has 0 saturated heterocycles. The zero-order valence-electron chi connectivity index (χ0n) is 9.61. The second-order valence-electron chi connectivity index (χ2n) is 4.35. The lowest BCUT2D eigenvalue weighted by atomic mass is 9.85. The Morgan fingerprint density at radius 2 is 2.38 bits per heavy atom. The Balaban J connectivity index is 2.03. The molecule has 0 unspecified atom stereocenters. The highest BCUT2D eigenvalue weighted by Crippen LogP contribution is 2.28. The third kappa shape index (κ3) is 2.21. The third-order valence-electron chi connectivity index (χ3n) is 3.26. The summed E-state index contributed by atoms with van der Waals surface area (Å²) in [5.41, 5.74) is 6.39. The third-order valence-corrected chi connectivity index (χ3v) is 4.18. The number of carbonyl (C=O) groups is 1. The Bertz CT molecular complexity index is 371. The van der Waals surface area contributed by atoms with E-state index >= 15 is 0 Å². The Morgan fingerprint density at radius 1 is 1.62 bits per heavy atom. The van der Waals surface area contributed by atoms with E-state index in [1.54, 1.807) is 6.07 Å². The highest BCUT2D eigenvalue weighted by molar-refractivity contribution is 7.12. The Morgan fingerprint density at radius 3 is 2.81 bits per heavy atom. The van der Waals surface area contributed by atoms with Gasteiger partial charge in [-0.25, -0.2) is 0 Å². The molecule has 0 radical (unpaired) electrons. The van der Waals surface area contributed by atoms with Gasteiger partial charge in [0.1, 0.15) is 4.88 Å². The van der Waals surface area contributed by atoms with Crippen molar-refractivity contribution in [2.75, 3.05) is 18.8 Å². The van der Waals surface area contributed by atoms with E-state index < -0.39 is 0 Å². The average molecular weight is 238 g/mol. The van der Waals surface area contributed by atoms with Crippen molar-refractivity contribution in [3.63, 3.8) is 0 Å². The summed E-state index contributed by atoms with van der Waals surface area (Å²) in [6, 6.07) is 1.80. The minimum absolute atomic E-state index is 0.0990. The van der Waals surface area contributed by atoms with E-state index in [1.807, 2.05) is 17.2 Å². The fraction of sp³-hybridized carbons (Fsp3) is 0.583. The normalized spacial score (nSPS) is 15.8. The summed E-state index contributed by atoms with van der Waals surface area (Å²) in [4.78, 5) is 14.8. The number of carbonyl (C=O) groups excluding carboxylic acids is 1. The van der Waals surface area contributed by atoms with Gasteiger partial charge in [0.15, 0.2) is 0 Å². The number of nitrogen functional groups attached to an aromatic ring is 1. The molecule has 0 aliphatic heterocycles. The van der Waals surface area contributed by atoms with E-state index in [9.17, 15) is 4.79 Å². The molecule has 2 rings (SSSR count). The van der Waals surface area contributed by atoms with Crippen LogP contribution in [0, 0.1) is 5.92 Å². The smallest absolute Gasteiger partial charge is 0.266 e. The second kappa shape index (κ2) is 4.87. The van der Waals surface area contributed by atoms with Gasteiger partial charge >= 0.3 is 0 Å². The van der Waals surface area contributed by atoms with Gasteiger partial charge in [-0.15, -0.1) is 11.3 Å². The number of rotatable bonds is 4. The molecule has 1 heterocycles. The van der Waals surface area contributed by atoms with Crippen molar-refractivity contribution in [3.8, 4) is 0 Å². The minimum Gasteiger partial charge on any atom is -0.397 e. The number of hydrogen-bond donors (Lipinski definition) is 1. The van der Waals surface area contributed by atoms with Gasteiger partial charge in [0, 0.05) is 13.1 Å². The van der Waals surface area contributed by atoms with Crippen molar-refractivity contribution in [1.29, 1.82) is 0 Å². The Hall–Kier alpha value is -1.03. The molecule has 1 saturated carbocycles. The standard InChI is InChI=1S/C12H18N2OS/c1-2-14(8-9-4-3-5-9)12(15)11-10(13)6-7-16-11/h6-7,9H,2-5,8,13H2,1H3. The van der Waals surface area contributed by atoms with Gasteiger partial charge in [-0.1, -0.05) is 6.42 Å². The van der Waals surface area contributed by atoms with E-state index in [0.717, 1.165) is 13.1 Å². The summed E-state index contributed by atoms with van der Waals surface area (Å²) < 4.78 is 0. The predicted molar refractivity (Wildman–Crippen MR) is 67.6 cm³/mol. The van der Waals surface area contributed by atoms with E-state index in [1.165, 1.54) is 30.6 Å². The zero-order valence-corrected chi connectivity index (χ0v) is 10.4. The first-order valence-electron chi connectivity index (χ1n) is 5.84. The molecule has 1 amide bonds. The molecule has 1 aromatic rings. The van der Waals surface area contributed by atoms with Gasteiger partial charge in [-0.2, -0.15) is 0 Å². The highest BCUT2D eigenvalue weighted by atomic mass is 32.1. The molecule has 0 spiro atoms. The molecule has 3 nitrogen and oxygen atoms in total. The number of hydrogen-bond acceptors (Lipinski definition) is 3. The molecule has 1 fully saturated rings. The fourth-order valence-electron chi connectivity index (χ4n) is 1.98. The first-order chi connectivity index (χ1) is 7.72. The summed E-state index contributed by atoms with van der Waals surface area (Å²) in [7, 11) is 0. The fourth-order valence-corrected chi connectivity index (χ4v) is 2.76. The monoisotopic (exact) mass is 238 g/mol. The Labute approximate surface area is 100 Å². The highest BCUT2D eigenvalue weighted by Gasteiger charge is 2.24. The average Bonchev–Trinajstić information content (AvgIpc) is 2.62. The van der Waals surface area contributed by atoms with Crippen LogP contribution in [0.25, 0.3) is 0 Å². The molecule has 1 aromatic heterocycles. The van der Waals surface area contributed by atoms with Crippen LogP contribution in [0.5, 0.6) is 0 Å². The van der Waals surface area contributed by atoms with Crippen LogP contribution in [0.3, 0.4) is 0 Å². The quantitative estimate of drug-likeness (QED) is 0.876. The van der Waals surface area contributed by atoms with Crippen LogP contribution in [0.4, 0.5) is 5.69 Å². The maximum absolute atomic E-state index is 12.2. The maximum atomic E-state index is 12.2. The molecule has 0 bridgehead atoms. The van der Waals surface area contributed by atoms with Gasteiger partial charge in [0.25, 0.3) is 5.91 Å². The number of thiophene rings is 1. The first-order valence-corrected chi connectivity index (χ1v) is 6.72. The predicted octanol–water partition coefficient (Wildman–Crippen LogP) is 2.59. The summed E-state index contributed by atoms with van der Waals surface area (Å²) >= 11 is 1.44. The van der Waals surface area contributed by atoms with Gasteiger partial charge < -0.3 is 10.6 Å². The molecular weight excluding hydrogens is 220 g/mol.